The van der Waals surface area contributed by atoms with Crippen LogP contribution >= 0.6 is 0 Å². The van der Waals surface area contributed by atoms with Crippen LogP contribution < -0.4 is 4.74 Å². The Labute approximate surface area is 80.1 Å². The Bertz CT molecular complexity index is 364. The zero-order valence-corrected chi connectivity index (χ0v) is 7.52. The van der Waals surface area contributed by atoms with Crippen LogP contribution in [0.3, 0.4) is 0 Å². The van der Waals surface area contributed by atoms with Crippen LogP contribution in [0.4, 0.5) is 8.78 Å². The molecule has 0 bridgehead atoms. The van der Waals surface area contributed by atoms with Gasteiger partial charge in [-0.15, -0.1) is 0 Å². The normalized spacial score (nSPS) is 13.9. The molecule has 0 fully saturated rings. The summed E-state index contributed by atoms with van der Waals surface area (Å²) in [5.74, 6) is -1.10. The third kappa shape index (κ3) is 1.35. The molecule has 0 radical (unpaired) electrons. The summed E-state index contributed by atoms with van der Waals surface area (Å²) in [6.45, 7) is 0.239. The van der Waals surface area contributed by atoms with Gasteiger partial charge >= 0.3 is 0 Å². The Morgan fingerprint density at radius 3 is 2.86 bits per heavy atom. The van der Waals surface area contributed by atoms with Gasteiger partial charge in [-0.3, -0.25) is 0 Å². The summed E-state index contributed by atoms with van der Waals surface area (Å²) < 4.78 is 31.5. The molecule has 1 aliphatic rings. The van der Waals surface area contributed by atoms with Gasteiger partial charge in [0.25, 0.3) is 0 Å². The van der Waals surface area contributed by atoms with Gasteiger partial charge in [0, 0.05) is 24.7 Å². The van der Waals surface area contributed by atoms with Gasteiger partial charge in [0.15, 0.2) is 11.6 Å². The quantitative estimate of drug-likeness (QED) is 0.782. The Hall–Kier alpha value is -1.16. The summed E-state index contributed by atoms with van der Waals surface area (Å²) in [4.78, 5) is 0. The van der Waals surface area contributed by atoms with Gasteiger partial charge in [0.2, 0.25) is 0 Å². The van der Waals surface area contributed by atoms with Crippen LogP contribution in [0, 0.1) is 11.6 Å². The molecule has 76 valence electrons. The number of benzene rings is 1. The molecule has 0 saturated heterocycles. The van der Waals surface area contributed by atoms with E-state index in [1.165, 1.54) is 0 Å². The molecule has 1 N–H and O–H groups in total. The highest BCUT2D eigenvalue weighted by Gasteiger charge is 2.23. The summed E-state index contributed by atoms with van der Waals surface area (Å²) in [6.07, 6.45) is 0.719. The highest BCUT2D eigenvalue weighted by molar-refractivity contribution is 5.44. The predicted molar refractivity (Wildman–Crippen MR) is 46.3 cm³/mol. The van der Waals surface area contributed by atoms with Crippen molar-refractivity contribution in [3.63, 3.8) is 0 Å². The van der Waals surface area contributed by atoms with Gasteiger partial charge in [0.1, 0.15) is 5.82 Å². The van der Waals surface area contributed by atoms with Crippen molar-refractivity contribution in [3.8, 4) is 5.75 Å². The topological polar surface area (TPSA) is 29.5 Å². The largest absolute Gasteiger partial charge is 0.490 e. The molecule has 1 aliphatic heterocycles. The van der Waals surface area contributed by atoms with E-state index in [-0.39, 0.29) is 18.8 Å². The molecule has 0 aromatic heterocycles. The minimum atomic E-state index is -0.656. The van der Waals surface area contributed by atoms with Crippen LogP contribution in [-0.4, -0.2) is 18.3 Å². The molecule has 0 atom stereocenters. The summed E-state index contributed by atoms with van der Waals surface area (Å²) in [6, 6.07) is 0.815. The van der Waals surface area contributed by atoms with Crippen LogP contribution in [0.2, 0.25) is 0 Å². The number of aliphatic hydroxyl groups excluding tert-OH is 1. The van der Waals surface area contributed by atoms with Gasteiger partial charge in [0.05, 0.1) is 6.61 Å². The maximum atomic E-state index is 13.3. The van der Waals surface area contributed by atoms with E-state index in [0.29, 0.717) is 24.2 Å². The van der Waals surface area contributed by atoms with Crippen molar-refractivity contribution < 1.29 is 18.6 Å². The lowest BCUT2D eigenvalue weighted by atomic mass is 10.0. The number of aliphatic hydroxyl groups is 1. The van der Waals surface area contributed by atoms with E-state index in [9.17, 15) is 8.78 Å². The summed E-state index contributed by atoms with van der Waals surface area (Å²) in [7, 11) is 0. The smallest absolute Gasteiger partial charge is 0.168 e. The highest BCUT2D eigenvalue weighted by atomic mass is 19.1. The van der Waals surface area contributed by atoms with E-state index < -0.39 is 11.6 Å². The number of rotatable bonds is 2. The van der Waals surface area contributed by atoms with Gasteiger partial charge in [-0.1, -0.05) is 0 Å². The SMILES string of the molecule is OCCc1c(F)cc(F)c2c1CCO2. The van der Waals surface area contributed by atoms with E-state index in [0.717, 1.165) is 6.07 Å². The van der Waals surface area contributed by atoms with Crippen molar-refractivity contribution in [2.75, 3.05) is 13.2 Å². The lowest BCUT2D eigenvalue weighted by molar-refractivity contribution is 0.297. The zero-order chi connectivity index (χ0) is 10.1. The molecule has 0 aliphatic carbocycles. The fourth-order valence-corrected chi connectivity index (χ4v) is 1.75. The molecule has 1 aromatic carbocycles. The van der Waals surface area contributed by atoms with Crippen LogP contribution in [0.25, 0.3) is 0 Å². The first-order valence-electron chi connectivity index (χ1n) is 4.47. The molecule has 1 heterocycles. The average Bonchev–Trinajstić information content (AvgIpc) is 2.60. The summed E-state index contributed by atoms with van der Waals surface area (Å²) in [5.41, 5.74) is 0.943. The second-order valence-electron chi connectivity index (χ2n) is 3.20. The van der Waals surface area contributed by atoms with Crippen molar-refractivity contribution in [2.45, 2.75) is 12.8 Å². The second-order valence-corrected chi connectivity index (χ2v) is 3.20. The van der Waals surface area contributed by atoms with Gasteiger partial charge < -0.3 is 9.84 Å². The minimum Gasteiger partial charge on any atom is -0.490 e. The van der Waals surface area contributed by atoms with Crippen LogP contribution in [0.1, 0.15) is 11.1 Å². The highest BCUT2D eigenvalue weighted by Crippen LogP contribution is 2.33. The fraction of sp³-hybridized carbons (Fsp3) is 0.400. The number of fused-ring (bicyclic) bond motifs is 1. The van der Waals surface area contributed by atoms with Crippen LogP contribution in [-0.2, 0) is 12.8 Å². The zero-order valence-electron chi connectivity index (χ0n) is 7.52. The molecule has 1 aromatic rings. The molecular weight excluding hydrogens is 190 g/mol. The molecule has 2 nitrogen and oxygen atoms in total. The van der Waals surface area contributed by atoms with Gasteiger partial charge in [-0.05, 0) is 12.0 Å². The molecule has 0 amide bonds. The number of hydrogen-bond acceptors (Lipinski definition) is 2. The number of halogens is 2. The number of hydrogen-bond donors (Lipinski definition) is 1. The molecule has 2 rings (SSSR count). The fourth-order valence-electron chi connectivity index (χ4n) is 1.75. The maximum absolute atomic E-state index is 13.3. The molecule has 4 heteroatoms. The van der Waals surface area contributed by atoms with E-state index in [4.69, 9.17) is 9.84 Å². The molecule has 0 unspecified atom stereocenters. The molecule has 0 saturated carbocycles. The van der Waals surface area contributed by atoms with Gasteiger partial charge in [-0.25, -0.2) is 8.78 Å². The maximum Gasteiger partial charge on any atom is 0.168 e. The second kappa shape index (κ2) is 3.53. The van der Waals surface area contributed by atoms with E-state index in [1.807, 2.05) is 0 Å². The lowest BCUT2D eigenvalue weighted by Gasteiger charge is -2.07. The predicted octanol–water partition coefficient (Wildman–Crippen LogP) is 1.43. The Morgan fingerprint density at radius 2 is 2.14 bits per heavy atom. The molecule has 14 heavy (non-hydrogen) atoms. The minimum absolute atomic E-state index is 0.144. The molecule has 0 spiro atoms. The van der Waals surface area contributed by atoms with Gasteiger partial charge in [-0.2, -0.15) is 0 Å². The third-order valence-corrected chi connectivity index (χ3v) is 2.36. The van der Waals surface area contributed by atoms with Crippen molar-refractivity contribution in [2.24, 2.45) is 0 Å². The van der Waals surface area contributed by atoms with E-state index in [2.05, 4.69) is 0 Å². The van der Waals surface area contributed by atoms with Crippen LogP contribution in [0.5, 0.6) is 5.75 Å². The Kier molecular flexibility index (Phi) is 2.37. The summed E-state index contributed by atoms with van der Waals surface area (Å²) in [5, 5.41) is 8.74. The lowest BCUT2D eigenvalue weighted by Crippen LogP contribution is -2.01. The molecular formula is C10H10F2O2. The first kappa shape index (κ1) is 9.40. The number of ether oxygens (including phenoxy) is 1. The Balaban J connectivity index is 2.54. The first-order chi connectivity index (χ1) is 6.74. The monoisotopic (exact) mass is 200 g/mol. The van der Waals surface area contributed by atoms with Crippen molar-refractivity contribution in [3.05, 3.63) is 28.8 Å². The summed E-state index contributed by atoms with van der Waals surface area (Å²) >= 11 is 0. The third-order valence-electron chi connectivity index (χ3n) is 2.36. The van der Waals surface area contributed by atoms with Crippen molar-refractivity contribution >= 4 is 0 Å². The van der Waals surface area contributed by atoms with Crippen LogP contribution in [0.15, 0.2) is 6.07 Å². The average molecular weight is 200 g/mol. The van der Waals surface area contributed by atoms with E-state index in [1.54, 1.807) is 0 Å². The standard InChI is InChI=1S/C10H10F2O2/c11-8-5-9(12)10-7(2-4-14-10)6(8)1-3-13/h5,13H,1-4H2. The van der Waals surface area contributed by atoms with Crippen molar-refractivity contribution in [1.29, 1.82) is 0 Å². The van der Waals surface area contributed by atoms with Crippen molar-refractivity contribution in [1.82, 2.24) is 0 Å². The first-order valence-corrected chi connectivity index (χ1v) is 4.47. The Morgan fingerprint density at radius 1 is 1.36 bits per heavy atom. The van der Waals surface area contributed by atoms with E-state index >= 15 is 0 Å².